The molecule has 0 radical (unpaired) electrons. The quantitative estimate of drug-likeness (QED) is 0.739. The molecule has 5 heteroatoms. The van der Waals surface area contributed by atoms with E-state index in [1.165, 1.54) is 6.33 Å². The Morgan fingerprint density at radius 1 is 1.36 bits per heavy atom. The zero-order chi connectivity index (χ0) is 9.97. The molecule has 5 nitrogen and oxygen atoms in total. The molecule has 2 heterocycles. The van der Waals surface area contributed by atoms with E-state index in [-0.39, 0.29) is 0 Å². The fourth-order valence-electron chi connectivity index (χ4n) is 1.20. The van der Waals surface area contributed by atoms with Gasteiger partial charge in [0.25, 0.3) is 0 Å². The highest BCUT2D eigenvalue weighted by Crippen LogP contribution is 2.17. The van der Waals surface area contributed by atoms with Crippen molar-refractivity contribution in [3.8, 4) is 0 Å². The van der Waals surface area contributed by atoms with E-state index in [1.54, 1.807) is 29.5 Å². The lowest BCUT2D eigenvalue weighted by Crippen LogP contribution is -2.01. The first-order valence-corrected chi connectivity index (χ1v) is 4.18. The summed E-state index contributed by atoms with van der Waals surface area (Å²) in [6.07, 6.45) is 7.23. The topological polar surface area (TPSA) is 63.8 Å². The van der Waals surface area contributed by atoms with Gasteiger partial charge >= 0.3 is 0 Å². The molecule has 0 saturated carbocycles. The molecule has 0 saturated heterocycles. The molecule has 0 aliphatic carbocycles. The van der Waals surface area contributed by atoms with E-state index in [2.05, 4.69) is 15.0 Å². The first-order valence-electron chi connectivity index (χ1n) is 4.18. The average molecular weight is 190 g/mol. The van der Waals surface area contributed by atoms with Crippen LogP contribution in [0.2, 0.25) is 0 Å². The molecule has 0 aliphatic rings. The third-order valence-electron chi connectivity index (χ3n) is 1.90. The Hall–Kier alpha value is -1.75. The molecular weight excluding hydrogens is 180 g/mol. The number of hydrogen-bond donors (Lipinski definition) is 1. The summed E-state index contributed by atoms with van der Waals surface area (Å²) in [6, 6.07) is 0. The summed E-state index contributed by atoms with van der Waals surface area (Å²) in [5.74, 6) is 0. The van der Waals surface area contributed by atoms with Crippen LogP contribution in [0.4, 0.5) is 0 Å². The van der Waals surface area contributed by atoms with Crippen LogP contribution in [0, 0.1) is 0 Å². The Balaban J connectivity index is 2.29. The summed E-state index contributed by atoms with van der Waals surface area (Å²) < 4.78 is 1.78. The first-order chi connectivity index (χ1) is 6.77. The van der Waals surface area contributed by atoms with Gasteiger partial charge in [0, 0.05) is 31.2 Å². The van der Waals surface area contributed by atoms with Gasteiger partial charge in [-0.2, -0.15) is 0 Å². The summed E-state index contributed by atoms with van der Waals surface area (Å²) in [6.45, 7) is 0. The van der Waals surface area contributed by atoms with Gasteiger partial charge in [0.15, 0.2) is 0 Å². The van der Waals surface area contributed by atoms with Gasteiger partial charge in [-0.3, -0.25) is 0 Å². The minimum absolute atomic E-state index is 0.599. The Labute approximate surface area is 81.1 Å². The van der Waals surface area contributed by atoms with E-state index in [1.807, 2.05) is 7.05 Å². The standard InChI is InChI=1S/C9H10N4O/c1-13-4-8(12-6-13)9(14)7-2-10-5-11-3-7/h2-6,9,14H,1H3. The summed E-state index contributed by atoms with van der Waals surface area (Å²) in [4.78, 5) is 11.7. The molecule has 0 amide bonds. The maximum Gasteiger partial charge on any atom is 0.125 e. The van der Waals surface area contributed by atoms with E-state index >= 15 is 0 Å². The molecule has 2 aromatic heterocycles. The van der Waals surface area contributed by atoms with Gasteiger partial charge in [0.1, 0.15) is 12.4 Å². The normalized spacial score (nSPS) is 12.7. The molecule has 2 aromatic rings. The van der Waals surface area contributed by atoms with Crippen molar-refractivity contribution in [2.75, 3.05) is 0 Å². The van der Waals surface area contributed by atoms with Crippen LogP contribution in [-0.4, -0.2) is 24.6 Å². The zero-order valence-electron chi connectivity index (χ0n) is 7.70. The predicted molar refractivity (Wildman–Crippen MR) is 49.3 cm³/mol. The Morgan fingerprint density at radius 2 is 2.07 bits per heavy atom. The molecule has 0 aliphatic heterocycles. The van der Waals surface area contributed by atoms with E-state index in [0.29, 0.717) is 11.3 Å². The van der Waals surface area contributed by atoms with Crippen molar-refractivity contribution in [2.24, 2.45) is 7.05 Å². The van der Waals surface area contributed by atoms with Gasteiger partial charge in [0.05, 0.1) is 12.0 Å². The number of imidazole rings is 1. The minimum Gasteiger partial charge on any atom is -0.382 e. The Bertz CT molecular complexity index is 412. The van der Waals surface area contributed by atoms with Gasteiger partial charge in [-0.05, 0) is 0 Å². The van der Waals surface area contributed by atoms with Gasteiger partial charge in [0.2, 0.25) is 0 Å². The van der Waals surface area contributed by atoms with Crippen LogP contribution in [0.1, 0.15) is 17.4 Å². The third kappa shape index (κ3) is 1.62. The molecule has 0 spiro atoms. The Morgan fingerprint density at radius 3 is 2.64 bits per heavy atom. The summed E-state index contributed by atoms with van der Waals surface area (Å²) >= 11 is 0. The average Bonchev–Trinajstić information content (AvgIpc) is 2.65. The zero-order valence-corrected chi connectivity index (χ0v) is 7.70. The molecule has 2 rings (SSSR count). The summed E-state index contributed by atoms with van der Waals surface area (Å²) in [5, 5.41) is 9.85. The molecule has 0 aromatic carbocycles. The number of aromatic nitrogens is 4. The van der Waals surface area contributed by atoms with Crippen molar-refractivity contribution in [3.63, 3.8) is 0 Å². The van der Waals surface area contributed by atoms with E-state index < -0.39 is 6.10 Å². The van der Waals surface area contributed by atoms with Crippen LogP contribution in [0.25, 0.3) is 0 Å². The SMILES string of the molecule is Cn1cnc(C(O)c2cncnc2)c1. The van der Waals surface area contributed by atoms with Crippen molar-refractivity contribution < 1.29 is 5.11 Å². The van der Waals surface area contributed by atoms with Crippen LogP contribution >= 0.6 is 0 Å². The molecule has 1 atom stereocenters. The number of aryl methyl sites for hydroxylation is 1. The molecular formula is C9H10N4O. The van der Waals surface area contributed by atoms with E-state index in [0.717, 1.165) is 0 Å². The fraction of sp³-hybridized carbons (Fsp3) is 0.222. The lowest BCUT2D eigenvalue weighted by molar-refractivity contribution is 0.215. The van der Waals surface area contributed by atoms with Crippen LogP contribution in [-0.2, 0) is 7.05 Å². The van der Waals surface area contributed by atoms with Crippen LogP contribution in [0.5, 0.6) is 0 Å². The third-order valence-corrected chi connectivity index (χ3v) is 1.90. The van der Waals surface area contributed by atoms with Crippen molar-refractivity contribution in [3.05, 3.63) is 42.5 Å². The summed E-state index contributed by atoms with van der Waals surface area (Å²) in [7, 11) is 1.85. The maximum atomic E-state index is 9.85. The molecule has 0 bridgehead atoms. The van der Waals surface area contributed by atoms with E-state index in [4.69, 9.17) is 0 Å². The highest BCUT2D eigenvalue weighted by Gasteiger charge is 2.12. The van der Waals surface area contributed by atoms with Gasteiger partial charge < -0.3 is 9.67 Å². The monoisotopic (exact) mass is 190 g/mol. The highest BCUT2D eigenvalue weighted by atomic mass is 16.3. The number of rotatable bonds is 2. The van der Waals surface area contributed by atoms with Crippen LogP contribution < -0.4 is 0 Å². The molecule has 1 unspecified atom stereocenters. The minimum atomic E-state index is -0.752. The second kappa shape index (κ2) is 3.55. The molecule has 1 N–H and O–H groups in total. The van der Waals surface area contributed by atoms with Crippen molar-refractivity contribution in [1.29, 1.82) is 0 Å². The lowest BCUT2D eigenvalue weighted by atomic mass is 10.1. The molecule has 0 fully saturated rings. The maximum absolute atomic E-state index is 9.85. The Kier molecular flexibility index (Phi) is 2.24. The molecule has 14 heavy (non-hydrogen) atoms. The number of aliphatic hydroxyl groups is 1. The number of aliphatic hydroxyl groups excluding tert-OH is 1. The van der Waals surface area contributed by atoms with Crippen molar-refractivity contribution >= 4 is 0 Å². The van der Waals surface area contributed by atoms with Gasteiger partial charge in [-0.25, -0.2) is 15.0 Å². The summed E-state index contributed by atoms with van der Waals surface area (Å²) in [5.41, 5.74) is 1.24. The van der Waals surface area contributed by atoms with Crippen molar-refractivity contribution in [2.45, 2.75) is 6.10 Å². The predicted octanol–water partition coefficient (Wildman–Crippen LogP) is 0.292. The second-order valence-electron chi connectivity index (χ2n) is 3.04. The van der Waals surface area contributed by atoms with Gasteiger partial charge in [-0.15, -0.1) is 0 Å². The van der Waals surface area contributed by atoms with Crippen LogP contribution in [0.3, 0.4) is 0 Å². The van der Waals surface area contributed by atoms with Crippen molar-refractivity contribution in [1.82, 2.24) is 19.5 Å². The van der Waals surface area contributed by atoms with Gasteiger partial charge in [-0.1, -0.05) is 0 Å². The first kappa shape index (κ1) is 8.83. The fourth-order valence-corrected chi connectivity index (χ4v) is 1.20. The smallest absolute Gasteiger partial charge is 0.125 e. The largest absolute Gasteiger partial charge is 0.382 e. The highest BCUT2D eigenvalue weighted by molar-refractivity contribution is 5.18. The lowest BCUT2D eigenvalue weighted by Gasteiger charge is -2.05. The number of nitrogens with zero attached hydrogens (tertiary/aromatic N) is 4. The second-order valence-corrected chi connectivity index (χ2v) is 3.04. The number of hydrogen-bond acceptors (Lipinski definition) is 4. The van der Waals surface area contributed by atoms with Crippen LogP contribution in [0.15, 0.2) is 31.2 Å². The molecule has 72 valence electrons. The van der Waals surface area contributed by atoms with E-state index in [9.17, 15) is 5.11 Å².